The summed E-state index contributed by atoms with van der Waals surface area (Å²) in [5, 5.41) is 14.8. The SMILES string of the molecule is C1=CC2CCCc3c2c(c2cccc4c5cscc5cc3c24)=C1. The molecule has 23 heavy (non-hydrogen) atoms. The van der Waals surface area contributed by atoms with Gasteiger partial charge in [-0.25, -0.2) is 0 Å². The molecule has 2 aliphatic carbocycles. The summed E-state index contributed by atoms with van der Waals surface area (Å²) in [6, 6.07) is 9.32. The summed E-state index contributed by atoms with van der Waals surface area (Å²) in [6.45, 7) is 0. The van der Waals surface area contributed by atoms with Crippen molar-refractivity contribution in [1.82, 2.24) is 0 Å². The Hall–Kier alpha value is -2.12. The monoisotopic (exact) mass is 312 g/mol. The summed E-state index contributed by atoms with van der Waals surface area (Å²) in [4.78, 5) is 0. The second-order valence-electron chi connectivity index (χ2n) is 6.88. The number of fused-ring (bicyclic) bond motifs is 4. The van der Waals surface area contributed by atoms with Crippen molar-refractivity contribution in [2.24, 2.45) is 0 Å². The van der Waals surface area contributed by atoms with E-state index in [1.165, 1.54) is 56.8 Å². The number of rotatable bonds is 0. The number of hydrogen-bond acceptors (Lipinski definition) is 1. The number of thiophene rings is 1. The van der Waals surface area contributed by atoms with Crippen LogP contribution in [-0.2, 0) is 6.42 Å². The number of benzene rings is 3. The fourth-order valence-electron chi connectivity index (χ4n) is 4.84. The van der Waals surface area contributed by atoms with Gasteiger partial charge >= 0.3 is 0 Å². The van der Waals surface area contributed by atoms with E-state index in [0.29, 0.717) is 5.92 Å². The standard InChI is InChI=1S/C22H16S/c1-4-13-5-2-7-17-19-10-14-11-23-12-20(14)18-9-3-8-16(22(18)19)15(6-1)21(13)17/h1,3-4,6,8-13H,2,5,7H2. The van der Waals surface area contributed by atoms with Gasteiger partial charge in [0.25, 0.3) is 0 Å². The molecule has 0 saturated carbocycles. The van der Waals surface area contributed by atoms with E-state index in [0.717, 1.165) is 0 Å². The van der Waals surface area contributed by atoms with Crippen LogP contribution >= 0.6 is 11.3 Å². The van der Waals surface area contributed by atoms with Gasteiger partial charge in [0.15, 0.2) is 0 Å². The molecule has 0 fully saturated rings. The second-order valence-corrected chi connectivity index (χ2v) is 7.63. The second kappa shape index (κ2) is 4.24. The van der Waals surface area contributed by atoms with Crippen LogP contribution in [-0.4, -0.2) is 0 Å². The molecule has 0 N–H and O–H groups in total. The minimum absolute atomic E-state index is 0.625. The molecule has 0 radical (unpaired) electrons. The van der Waals surface area contributed by atoms with E-state index in [-0.39, 0.29) is 0 Å². The Morgan fingerprint density at radius 3 is 2.96 bits per heavy atom. The zero-order chi connectivity index (χ0) is 15.0. The molecule has 1 atom stereocenters. The van der Waals surface area contributed by atoms with Gasteiger partial charge in [0.2, 0.25) is 0 Å². The zero-order valence-corrected chi connectivity index (χ0v) is 13.6. The summed E-state index contributed by atoms with van der Waals surface area (Å²) in [7, 11) is 0. The van der Waals surface area contributed by atoms with Crippen molar-refractivity contribution < 1.29 is 0 Å². The number of allylic oxidation sites excluding steroid dienone is 2. The third kappa shape index (κ3) is 1.46. The van der Waals surface area contributed by atoms with Gasteiger partial charge in [-0.1, -0.05) is 36.4 Å². The third-order valence-corrected chi connectivity index (χ3v) is 6.53. The predicted molar refractivity (Wildman–Crippen MR) is 101 cm³/mol. The zero-order valence-electron chi connectivity index (χ0n) is 12.8. The van der Waals surface area contributed by atoms with E-state index in [2.05, 4.69) is 53.3 Å². The van der Waals surface area contributed by atoms with Gasteiger partial charge < -0.3 is 0 Å². The minimum Gasteiger partial charge on any atom is -0.151 e. The number of hydrogen-bond donors (Lipinski definition) is 0. The van der Waals surface area contributed by atoms with Crippen LogP contribution in [0.4, 0.5) is 0 Å². The maximum absolute atomic E-state index is 2.46. The van der Waals surface area contributed by atoms with E-state index < -0.39 is 0 Å². The molecule has 1 aromatic heterocycles. The van der Waals surface area contributed by atoms with E-state index in [4.69, 9.17) is 0 Å². The Morgan fingerprint density at radius 1 is 1.00 bits per heavy atom. The maximum atomic E-state index is 2.46. The molecule has 1 heteroatoms. The Morgan fingerprint density at radius 2 is 1.96 bits per heavy atom. The molecule has 2 aliphatic rings. The molecular formula is C22H16S. The van der Waals surface area contributed by atoms with E-state index in [1.54, 1.807) is 11.1 Å². The van der Waals surface area contributed by atoms with Crippen LogP contribution < -0.4 is 5.22 Å². The van der Waals surface area contributed by atoms with Crippen molar-refractivity contribution in [2.45, 2.75) is 25.2 Å². The smallest absolute Gasteiger partial charge is 0.00303 e. The van der Waals surface area contributed by atoms with Gasteiger partial charge in [0.05, 0.1) is 0 Å². The molecule has 110 valence electrons. The topological polar surface area (TPSA) is 0 Å². The molecule has 3 aromatic carbocycles. The van der Waals surface area contributed by atoms with Crippen LogP contribution in [0.25, 0.3) is 38.4 Å². The van der Waals surface area contributed by atoms with Gasteiger partial charge in [0, 0.05) is 11.3 Å². The molecule has 6 rings (SSSR count). The lowest BCUT2D eigenvalue weighted by molar-refractivity contribution is 0.628. The van der Waals surface area contributed by atoms with E-state index >= 15 is 0 Å². The van der Waals surface area contributed by atoms with Crippen molar-refractivity contribution >= 4 is 49.7 Å². The molecular weight excluding hydrogens is 296 g/mol. The minimum atomic E-state index is 0.625. The largest absolute Gasteiger partial charge is 0.151 e. The summed E-state index contributed by atoms with van der Waals surface area (Å²) >= 11 is 1.82. The lowest BCUT2D eigenvalue weighted by Crippen LogP contribution is -2.23. The molecule has 0 nitrogen and oxygen atoms in total. The highest BCUT2D eigenvalue weighted by Crippen LogP contribution is 2.41. The quantitative estimate of drug-likeness (QED) is 0.391. The Bertz CT molecular complexity index is 1190. The van der Waals surface area contributed by atoms with Crippen molar-refractivity contribution in [3.8, 4) is 0 Å². The first-order valence-corrected chi connectivity index (χ1v) is 9.40. The summed E-state index contributed by atoms with van der Waals surface area (Å²) < 4.78 is 0. The van der Waals surface area contributed by atoms with Crippen LogP contribution in [0.15, 0.2) is 47.2 Å². The van der Waals surface area contributed by atoms with Gasteiger partial charge in [0.1, 0.15) is 0 Å². The third-order valence-electron chi connectivity index (χ3n) is 5.77. The highest BCUT2D eigenvalue weighted by atomic mass is 32.1. The Balaban J connectivity index is 2.00. The normalized spacial score (nSPS) is 19.4. The van der Waals surface area contributed by atoms with Gasteiger partial charge in [-0.15, -0.1) is 0 Å². The van der Waals surface area contributed by atoms with Crippen LogP contribution in [0.2, 0.25) is 0 Å². The Labute approximate surface area is 138 Å². The lowest BCUT2D eigenvalue weighted by atomic mass is 9.75. The van der Waals surface area contributed by atoms with Crippen LogP contribution in [0.5, 0.6) is 0 Å². The Kier molecular flexibility index (Phi) is 2.27. The summed E-state index contributed by atoms with van der Waals surface area (Å²) in [5.74, 6) is 0.625. The molecule has 0 amide bonds. The van der Waals surface area contributed by atoms with Crippen molar-refractivity contribution in [3.63, 3.8) is 0 Å². The van der Waals surface area contributed by atoms with Crippen LogP contribution in [0, 0.1) is 0 Å². The molecule has 0 aliphatic heterocycles. The molecule has 1 heterocycles. The van der Waals surface area contributed by atoms with Crippen molar-refractivity contribution in [1.29, 1.82) is 0 Å². The first-order valence-electron chi connectivity index (χ1n) is 8.46. The average molecular weight is 312 g/mol. The maximum Gasteiger partial charge on any atom is 0.00303 e. The van der Waals surface area contributed by atoms with Crippen LogP contribution in [0.3, 0.4) is 0 Å². The highest BCUT2D eigenvalue weighted by Gasteiger charge is 2.25. The fraction of sp³-hybridized carbons (Fsp3) is 0.182. The van der Waals surface area contributed by atoms with Crippen molar-refractivity contribution in [3.05, 3.63) is 63.5 Å². The molecule has 1 unspecified atom stereocenters. The average Bonchev–Trinajstić information content (AvgIpc) is 3.08. The molecule has 0 spiro atoms. The predicted octanol–water partition coefficient (Wildman–Crippen LogP) is 5.70. The van der Waals surface area contributed by atoms with Gasteiger partial charge in [-0.3, -0.25) is 0 Å². The van der Waals surface area contributed by atoms with Crippen LogP contribution in [0.1, 0.15) is 29.9 Å². The first-order chi connectivity index (χ1) is 11.4. The lowest BCUT2D eigenvalue weighted by Gasteiger charge is -2.28. The summed E-state index contributed by atoms with van der Waals surface area (Å²) in [6.07, 6.45) is 10.9. The molecule has 0 saturated heterocycles. The summed E-state index contributed by atoms with van der Waals surface area (Å²) in [5.41, 5.74) is 3.24. The van der Waals surface area contributed by atoms with Gasteiger partial charge in [-0.2, -0.15) is 11.3 Å². The van der Waals surface area contributed by atoms with E-state index in [9.17, 15) is 0 Å². The first kappa shape index (κ1) is 12.3. The van der Waals surface area contributed by atoms with E-state index in [1.807, 2.05) is 11.3 Å². The molecule has 0 bridgehead atoms. The fourth-order valence-corrected chi connectivity index (χ4v) is 5.65. The molecule has 4 aromatic rings. The highest BCUT2D eigenvalue weighted by molar-refractivity contribution is 7.09. The number of aryl methyl sites for hydroxylation is 1. The van der Waals surface area contributed by atoms with Gasteiger partial charge in [-0.05, 0) is 79.4 Å². The van der Waals surface area contributed by atoms with Crippen molar-refractivity contribution in [2.75, 3.05) is 0 Å².